The van der Waals surface area contributed by atoms with Crippen LogP contribution in [0, 0.1) is 11.7 Å². The molecule has 0 bridgehead atoms. The molecule has 3 unspecified atom stereocenters. The maximum absolute atomic E-state index is 13.2. The van der Waals surface area contributed by atoms with E-state index in [1.807, 2.05) is 0 Å². The Kier molecular flexibility index (Phi) is 4.82. The number of benzene rings is 1. The zero-order valence-electron chi connectivity index (χ0n) is 11.6. The molecule has 106 valence electrons. The van der Waals surface area contributed by atoms with Crippen LogP contribution >= 0.6 is 11.6 Å². The van der Waals surface area contributed by atoms with E-state index < -0.39 is 0 Å². The van der Waals surface area contributed by atoms with Gasteiger partial charge in [-0.25, -0.2) is 4.39 Å². The van der Waals surface area contributed by atoms with Gasteiger partial charge in [-0.3, -0.25) is 4.90 Å². The fourth-order valence-electron chi connectivity index (χ4n) is 2.97. The lowest BCUT2D eigenvalue weighted by Crippen LogP contribution is -2.45. The van der Waals surface area contributed by atoms with E-state index in [2.05, 4.69) is 18.7 Å². The first-order valence-corrected chi connectivity index (χ1v) is 7.31. The maximum Gasteiger partial charge on any atom is 0.124 e. The van der Waals surface area contributed by atoms with Crippen LogP contribution in [0.3, 0.4) is 0 Å². The minimum absolute atomic E-state index is 0.0749. The van der Waals surface area contributed by atoms with Gasteiger partial charge < -0.3 is 5.73 Å². The van der Waals surface area contributed by atoms with E-state index in [1.54, 1.807) is 6.07 Å². The third kappa shape index (κ3) is 3.28. The molecule has 2 nitrogen and oxygen atoms in total. The molecule has 0 spiro atoms. The molecule has 1 heterocycles. The smallest absolute Gasteiger partial charge is 0.124 e. The molecule has 0 aliphatic carbocycles. The molecule has 0 saturated carbocycles. The van der Waals surface area contributed by atoms with Crippen molar-refractivity contribution in [2.75, 3.05) is 13.1 Å². The van der Waals surface area contributed by atoms with Crippen molar-refractivity contribution >= 4 is 11.6 Å². The molecule has 1 saturated heterocycles. The van der Waals surface area contributed by atoms with E-state index in [4.69, 9.17) is 17.3 Å². The number of likely N-dealkylation sites (tertiary alicyclic amines) is 1. The van der Waals surface area contributed by atoms with Crippen molar-refractivity contribution < 1.29 is 4.39 Å². The monoisotopic (exact) mass is 284 g/mol. The van der Waals surface area contributed by atoms with Gasteiger partial charge in [-0.1, -0.05) is 24.6 Å². The molecule has 0 aromatic heterocycles. The van der Waals surface area contributed by atoms with Gasteiger partial charge >= 0.3 is 0 Å². The van der Waals surface area contributed by atoms with Crippen molar-refractivity contribution in [2.24, 2.45) is 11.7 Å². The van der Waals surface area contributed by atoms with Gasteiger partial charge in [-0.2, -0.15) is 0 Å². The van der Waals surface area contributed by atoms with Gasteiger partial charge in [0.2, 0.25) is 0 Å². The molecule has 0 radical (unpaired) electrons. The van der Waals surface area contributed by atoms with E-state index in [9.17, 15) is 4.39 Å². The molecule has 1 aliphatic rings. The van der Waals surface area contributed by atoms with Gasteiger partial charge in [0.05, 0.1) is 0 Å². The topological polar surface area (TPSA) is 29.3 Å². The summed E-state index contributed by atoms with van der Waals surface area (Å²) >= 11 is 6.18. The molecule has 2 rings (SSSR count). The Morgan fingerprint density at radius 3 is 2.79 bits per heavy atom. The van der Waals surface area contributed by atoms with E-state index in [-0.39, 0.29) is 11.9 Å². The van der Waals surface area contributed by atoms with E-state index in [0.29, 0.717) is 23.5 Å². The van der Waals surface area contributed by atoms with E-state index in [1.165, 1.54) is 25.0 Å². The van der Waals surface area contributed by atoms with Crippen LogP contribution in [-0.2, 0) is 0 Å². The van der Waals surface area contributed by atoms with Gasteiger partial charge in [0.25, 0.3) is 0 Å². The maximum atomic E-state index is 13.2. The third-order valence-corrected chi connectivity index (χ3v) is 4.44. The van der Waals surface area contributed by atoms with Crippen molar-refractivity contribution in [1.82, 2.24) is 4.90 Å². The summed E-state index contributed by atoms with van der Waals surface area (Å²) in [5.74, 6) is 0.369. The van der Waals surface area contributed by atoms with Gasteiger partial charge in [-0.15, -0.1) is 0 Å². The van der Waals surface area contributed by atoms with Crippen LogP contribution in [0.1, 0.15) is 38.3 Å². The van der Waals surface area contributed by atoms with Crippen LogP contribution in [0.5, 0.6) is 0 Å². The lowest BCUT2D eigenvalue weighted by atomic mass is 9.91. The molecule has 0 amide bonds. The molecule has 1 aromatic rings. The van der Waals surface area contributed by atoms with Crippen LogP contribution in [0.2, 0.25) is 5.02 Å². The standard InChI is InChI=1S/C15H22ClFN2/c1-10-3-4-11(2)19(9-10)15(8-18)13-6-5-12(17)7-14(13)16/h5-7,10-11,15H,3-4,8-9,18H2,1-2H3. The van der Waals surface area contributed by atoms with Gasteiger partial charge in [-0.05, 0) is 43.4 Å². The molecule has 3 atom stereocenters. The number of nitrogens with two attached hydrogens (primary N) is 1. The van der Waals surface area contributed by atoms with Gasteiger partial charge in [0.1, 0.15) is 5.82 Å². The first kappa shape index (κ1) is 14.8. The Morgan fingerprint density at radius 2 is 2.16 bits per heavy atom. The first-order chi connectivity index (χ1) is 9.02. The molecule has 1 fully saturated rings. The number of piperidine rings is 1. The Labute approximate surface area is 119 Å². The van der Waals surface area contributed by atoms with E-state index >= 15 is 0 Å². The zero-order valence-corrected chi connectivity index (χ0v) is 12.3. The second kappa shape index (κ2) is 6.21. The number of nitrogens with zero attached hydrogens (tertiary/aromatic N) is 1. The van der Waals surface area contributed by atoms with Crippen molar-refractivity contribution in [2.45, 2.75) is 38.8 Å². The van der Waals surface area contributed by atoms with E-state index in [0.717, 1.165) is 12.1 Å². The van der Waals surface area contributed by atoms with Crippen LogP contribution in [0.25, 0.3) is 0 Å². The molecule has 2 N–H and O–H groups in total. The largest absolute Gasteiger partial charge is 0.329 e. The van der Waals surface area contributed by atoms with Crippen LogP contribution in [0.15, 0.2) is 18.2 Å². The van der Waals surface area contributed by atoms with Crippen molar-refractivity contribution in [3.05, 3.63) is 34.6 Å². The molecule has 1 aromatic carbocycles. The van der Waals surface area contributed by atoms with Crippen LogP contribution in [0.4, 0.5) is 4.39 Å². The number of hydrogen-bond acceptors (Lipinski definition) is 2. The van der Waals surface area contributed by atoms with Crippen molar-refractivity contribution in [3.63, 3.8) is 0 Å². The molecule has 19 heavy (non-hydrogen) atoms. The fourth-order valence-corrected chi connectivity index (χ4v) is 3.26. The lowest BCUT2D eigenvalue weighted by Gasteiger charge is -2.42. The molecular weight excluding hydrogens is 263 g/mol. The zero-order chi connectivity index (χ0) is 14.0. The summed E-state index contributed by atoms with van der Waals surface area (Å²) in [6.45, 7) is 6.02. The summed E-state index contributed by atoms with van der Waals surface area (Å²) in [7, 11) is 0. The fraction of sp³-hybridized carbons (Fsp3) is 0.600. The highest BCUT2D eigenvalue weighted by molar-refractivity contribution is 6.31. The highest BCUT2D eigenvalue weighted by atomic mass is 35.5. The third-order valence-electron chi connectivity index (χ3n) is 4.11. The number of hydrogen-bond donors (Lipinski definition) is 1. The minimum Gasteiger partial charge on any atom is -0.329 e. The second-order valence-corrected chi connectivity index (χ2v) is 6.05. The van der Waals surface area contributed by atoms with Crippen molar-refractivity contribution in [3.8, 4) is 0 Å². The first-order valence-electron chi connectivity index (χ1n) is 6.93. The average molecular weight is 285 g/mol. The quantitative estimate of drug-likeness (QED) is 0.919. The van der Waals surface area contributed by atoms with Crippen LogP contribution in [-0.4, -0.2) is 24.0 Å². The Bertz CT molecular complexity index is 438. The highest BCUT2D eigenvalue weighted by Crippen LogP contribution is 2.33. The molecular formula is C15H22ClFN2. The van der Waals surface area contributed by atoms with Crippen LogP contribution < -0.4 is 5.73 Å². The van der Waals surface area contributed by atoms with Crippen molar-refractivity contribution in [1.29, 1.82) is 0 Å². The summed E-state index contributed by atoms with van der Waals surface area (Å²) in [6, 6.07) is 5.16. The SMILES string of the molecule is CC1CCC(C)N(C(CN)c2ccc(F)cc2Cl)C1. The average Bonchev–Trinajstić information content (AvgIpc) is 2.36. The summed E-state index contributed by atoms with van der Waals surface area (Å²) in [5.41, 5.74) is 6.89. The predicted molar refractivity (Wildman–Crippen MR) is 77.8 cm³/mol. The Balaban J connectivity index is 2.27. The minimum atomic E-state index is -0.301. The lowest BCUT2D eigenvalue weighted by molar-refractivity contribution is 0.0798. The number of halogens is 2. The summed E-state index contributed by atoms with van der Waals surface area (Å²) < 4.78 is 13.2. The normalized spacial score (nSPS) is 26.4. The second-order valence-electron chi connectivity index (χ2n) is 5.65. The molecule has 1 aliphatic heterocycles. The number of rotatable bonds is 3. The predicted octanol–water partition coefficient (Wildman–Crippen LogP) is 3.60. The Morgan fingerprint density at radius 1 is 1.42 bits per heavy atom. The molecule has 4 heteroatoms. The Hall–Kier alpha value is -0.640. The highest BCUT2D eigenvalue weighted by Gasteiger charge is 2.30. The summed E-state index contributed by atoms with van der Waals surface area (Å²) in [5, 5.41) is 0.473. The summed E-state index contributed by atoms with van der Waals surface area (Å²) in [6.07, 6.45) is 2.43. The van der Waals surface area contributed by atoms with Gasteiger partial charge in [0, 0.05) is 30.2 Å². The van der Waals surface area contributed by atoms with Gasteiger partial charge in [0.15, 0.2) is 0 Å². The summed E-state index contributed by atoms with van der Waals surface area (Å²) in [4.78, 5) is 2.41.